The molecule has 13 nitrogen and oxygen atoms in total. The number of carbonyl (C=O) groups is 2. The first-order valence-electron chi connectivity index (χ1n) is 15.9. The highest BCUT2D eigenvalue weighted by molar-refractivity contribution is 7.89. The number of anilines is 2. The molecule has 4 aromatic rings. The molecule has 2 fully saturated rings. The second-order valence-electron chi connectivity index (χ2n) is 12.4. The van der Waals surface area contributed by atoms with Gasteiger partial charge in [-0.3, -0.25) is 19.1 Å². The van der Waals surface area contributed by atoms with Gasteiger partial charge in [-0.15, -0.1) is 0 Å². The molecule has 49 heavy (non-hydrogen) atoms. The van der Waals surface area contributed by atoms with Crippen molar-refractivity contribution in [3.8, 4) is 11.1 Å². The number of morpholine rings is 1. The molecule has 0 bridgehead atoms. The summed E-state index contributed by atoms with van der Waals surface area (Å²) in [5.74, 6) is -0.282. The molecule has 0 radical (unpaired) electrons. The van der Waals surface area contributed by atoms with E-state index in [0.717, 1.165) is 16.7 Å². The number of imidazole rings is 1. The second kappa shape index (κ2) is 13.4. The van der Waals surface area contributed by atoms with Gasteiger partial charge in [0.25, 0.3) is 15.9 Å². The number of fused-ring (bicyclic) bond motifs is 1. The number of carbonyl (C=O) groups excluding carboxylic acids is 2. The summed E-state index contributed by atoms with van der Waals surface area (Å²) in [6.45, 7) is 5.28. The fraction of sp³-hybridized carbons (Fsp3) is 0.364. The molecule has 16 heteroatoms. The van der Waals surface area contributed by atoms with E-state index < -0.39 is 15.6 Å². The first kappa shape index (κ1) is 33.6. The minimum Gasteiger partial charge on any atom is -0.379 e. The topological polar surface area (TPSA) is 134 Å². The minimum atomic E-state index is -4.15. The van der Waals surface area contributed by atoms with Crippen LogP contribution in [0.4, 0.5) is 11.6 Å². The Balaban J connectivity index is 1.19. The van der Waals surface area contributed by atoms with Crippen molar-refractivity contribution in [1.29, 1.82) is 0 Å². The molecule has 2 amide bonds. The van der Waals surface area contributed by atoms with Crippen molar-refractivity contribution in [2.75, 3.05) is 63.9 Å². The highest BCUT2D eigenvalue weighted by Crippen LogP contribution is 2.45. The lowest BCUT2D eigenvalue weighted by molar-refractivity contribution is -0.134. The Morgan fingerprint density at radius 3 is 2.20 bits per heavy atom. The monoisotopic (exact) mass is 724 g/mol. The number of halogens is 2. The number of sulfonamides is 1. The lowest BCUT2D eigenvalue weighted by atomic mass is 9.91. The van der Waals surface area contributed by atoms with Gasteiger partial charge in [0.05, 0.1) is 31.6 Å². The van der Waals surface area contributed by atoms with Crippen molar-refractivity contribution in [1.82, 2.24) is 33.6 Å². The Morgan fingerprint density at radius 1 is 0.898 bits per heavy atom. The molecule has 2 aromatic carbocycles. The Bertz CT molecular complexity index is 1960. The van der Waals surface area contributed by atoms with Gasteiger partial charge in [0.15, 0.2) is 5.03 Å². The molecule has 0 spiro atoms. The first-order chi connectivity index (χ1) is 23.5. The van der Waals surface area contributed by atoms with Gasteiger partial charge >= 0.3 is 0 Å². The summed E-state index contributed by atoms with van der Waals surface area (Å²) in [6.07, 6.45) is 6.35. The number of aromatic nitrogens is 4. The maximum Gasteiger partial charge on any atom is 0.260 e. The normalized spacial score (nSPS) is 20.5. The van der Waals surface area contributed by atoms with Crippen LogP contribution in [0.3, 0.4) is 0 Å². The van der Waals surface area contributed by atoms with Gasteiger partial charge in [0, 0.05) is 73.7 Å². The van der Waals surface area contributed by atoms with E-state index in [0.29, 0.717) is 42.0 Å². The van der Waals surface area contributed by atoms with Crippen molar-refractivity contribution in [2.45, 2.75) is 23.9 Å². The van der Waals surface area contributed by atoms with Crippen LogP contribution in [0.1, 0.15) is 12.5 Å². The van der Waals surface area contributed by atoms with Crippen LogP contribution >= 0.6 is 23.2 Å². The lowest BCUT2D eigenvalue weighted by Gasteiger charge is -2.36. The van der Waals surface area contributed by atoms with Crippen LogP contribution in [0.15, 0.2) is 72.4 Å². The predicted molar refractivity (Wildman–Crippen MR) is 183 cm³/mol. The molecule has 2 saturated heterocycles. The number of amides is 2. The molecule has 3 aliphatic rings. The molecule has 5 heterocycles. The Kier molecular flexibility index (Phi) is 9.19. The highest BCUT2D eigenvalue weighted by atomic mass is 35.5. The van der Waals surface area contributed by atoms with Gasteiger partial charge in [-0.05, 0) is 36.2 Å². The molecule has 0 N–H and O–H groups in total. The molecule has 1 atom stereocenters. The fourth-order valence-corrected chi connectivity index (χ4v) is 8.76. The summed E-state index contributed by atoms with van der Waals surface area (Å²) in [5, 5.41) is 0.521. The summed E-state index contributed by atoms with van der Waals surface area (Å²) < 4.78 is 37.0. The second-order valence-corrected chi connectivity index (χ2v) is 15.2. The standard InChI is InChI=1S/C33H34Cl2N8O5S/c1-33(17-23-2-4-24(5-3-23)25-18-36-22-37-19-25)31(45)42(28-15-26(34)14-27(35)16-28)32-38-20-30(43(32)33)49(46,47)41-8-6-40(7-9-41)29(44)21-39-10-12-48-13-11-39/h2-5,14-16,18-20,22H,6-13,17,21H2,1H3. The van der Waals surface area contributed by atoms with Gasteiger partial charge in [-0.1, -0.05) is 47.5 Å². The van der Waals surface area contributed by atoms with Crippen LogP contribution < -0.4 is 4.90 Å². The Hall–Kier alpha value is -3.92. The molecule has 0 aliphatic carbocycles. The predicted octanol–water partition coefficient (Wildman–Crippen LogP) is 3.45. The highest BCUT2D eigenvalue weighted by Gasteiger charge is 2.52. The number of hydrogen-bond acceptors (Lipinski definition) is 9. The summed E-state index contributed by atoms with van der Waals surface area (Å²) in [5.41, 5.74) is 1.52. The van der Waals surface area contributed by atoms with E-state index >= 15 is 0 Å². The summed E-state index contributed by atoms with van der Waals surface area (Å²) >= 11 is 12.7. The molecule has 1 unspecified atom stereocenters. The van der Waals surface area contributed by atoms with Crippen LogP contribution in [0.25, 0.3) is 11.1 Å². The van der Waals surface area contributed by atoms with E-state index in [4.69, 9.17) is 27.9 Å². The van der Waals surface area contributed by atoms with E-state index in [1.54, 1.807) is 42.4 Å². The summed E-state index contributed by atoms with van der Waals surface area (Å²) in [6, 6.07) is 12.4. The average Bonchev–Trinajstić information content (AvgIpc) is 3.63. The average molecular weight is 726 g/mol. The van der Waals surface area contributed by atoms with Gasteiger partial charge in [-0.25, -0.2) is 28.3 Å². The quantitative estimate of drug-likeness (QED) is 0.268. The van der Waals surface area contributed by atoms with Gasteiger partial charge in [-0.2, -0.15) is 4.31 Å². The van der Waals surface area contributed by atoms with E-state index in [2.05, 4.69) is 15.0 Å². The zero-order valence-electron chi connectivity index (χ0n) is 26.7. The maximum atomic E-state index is 14.5. The minimum absolute atomic E-state index is 0.0380. The van der Waals surface area contributed by atoms with Gasteiger partial charge in [0.1, 0.15) is 11.9 Å². The number of hydrogen-bond donors (Lipinski definition) is 0. The molecule has 0 saturated carbocycles. The van der Waals surface area contributed by atoms with Crippen molar-refractivity contribution in [2.24, 2.45) is 0 Å². The zero-order valence-corrected chi connectivity index (χ0v) is 29.0. The third kappa shape index (κ3) is 6.44. The van der Waals surface area contributed by atoms with E-state index in [1.165, 1.54) is 26.3 Å². The fourth-order valence-electron chi connectivity index (χ4n) is 6.64. The molecule has 7 rings (SSSR count). The largest absolute Gasteiger partial charge is 0.379 e. The Labute approximate surface area is 294 Å². The molecule has 3 aliphatic heterocycles. The molecule has 256 valence electrons. The third-order valence-corrected chi connectivity index (χ3v) is 11.5. The van der Waals surface area contributed by atoms with E-state index in [1.807, 2.05) is 29.2 Å². The van der Waals surface area contributed by atoms with E-state index in [-0.39, 0.29) is 61.9 Å². The van der Waals surface area contributed by atoms with Crippen LogP contribution in [-0.4, -0.2) is 113 Å². The summed E-state index contributed by atoms with van der Waals surface area (Å²) in [4.78, 5) is 45.3. The number of benzene rings is 2. The molecular weight excluding hydrogens is 691 g/mol. The number of ether oxygens (including phenoxy) is 1. The first-order valence-corrected chi connectivity index (χ1v) is 18.1. The zero-order chi connectivity index (χ0) is 34.3. The van der Waals surface area contributed by atoms with Crippen LogP contribution in [0.5, 0.6) is 0 Å². The van der Waals surface area contributed by atoms with Crippen molar-refractivity contribution in [3.63, 3.8) is 0 Å². The maximum absolute atomic E-state index is 14.5. The van der Waals surface area contributed by atoms with Crippen LogP contribution in [0, 0.1) is 0 Å². The van der Waals surface area contributed by atoms with Crippen molar-refractivity contribution in [3.05, 3.63) is 83.0 Å². The molecule has 2 aromatic heterocycles. The van der Waals surface area contributed by atoms with Gasteiger partial charge < -0.3 is 9.64 Å². The smallest absolute Gasteiger partial charge is 0.260 e. The molecular formula is C33H34Cl2N8O5S. The number of piperazine rings is 1. The van der Waals surface area contributed by atoms with Gasteiger partial charge in [0.2, 0.25) is 11.9 Å². The number of nitrogens with zero attached hydrogens (tertiary/aromatic N) is 8. The van der Waals surface area contributed by atoms with E-state index in [9.17, 15) is 18.0 Å². The third-order valence-electron chi connectivity index (χ3n) is 9.23. The van der Waals surface area contributed by atoms with Crippen LogP contribution in [0.2, 0.25) is 10.0 Å². The summed E-state index contributed by atoms with van der Waals surface area (Å²) in [7, 11) is -4.15. The van der Waals surface area contributed by atoms with Crippen molar-refractivity contribution >= 4 is 56.7 Å². The van der Waals surface area contributed by atoms with Crippen molar-refractivity contribution < 1.29 is 22.7 Å². The number of rotatable bonds is 8. The van der Waals surface area contributed by atoms with Crippen LogP contribution in [-0.2, 0) is 36.3 Å². The lowest BCUT2D eigenvalue weighted by Crippen LogP contribution is -2.53. The SMILES string of the molecule is CC1(Cc2ccc(-c3cncnc3)cc2)C(=O)N(c2cc(Cl)cc(Cl)c2)c2ncc(S(=O)(=O)N3CCN(C(=O)CN4CCOCC4)CC3)n21. The Morgan fingerprint density at radius 2 is 1.55 bits per heavy atom.